The minimum atomic E-state index is -3.51. The van der Waals surface area contributed by atoms with Crippen molar-refractivity contribution in [3.05, 3.63) is 65.1 Å². The summed E-state index contributed by atoms with van der Waals surface area (Å²) in [5.74, 6) is 0.426. The van der Waals surface area contributed by atoms with Gasteiger partial charge in [0.05, 0.1) is 16.9 Å². The van der Waals surface area contributed by atoms with Gasteiger partial charge >= 0.3 is 0 Å². The summed E-state index contributed by atoms with van der Waals surface area (Å²) in [6.45, 7) is 8.49. The average Bonchev–Trinajstić information content (AvgIpc) is 3.06. The van der Waals surface area contributed by atoms with Gasteiger partial charge in [0.2, 0.25) is 0 Å². The fraction of sp³-hybridized carbons (Fsp3) is 0.478. The highest BCUT2D eigenvalue weighted by Crippen LogP contribution is 2.45. The summed E-state index contributed by atoms with van der Waals surface area (Å²) in [5.41, 5.74) is 2.93. The molecule has 1 aromatic carbocycles. The number of aliphatic hydroxyl groups is 1. The Hall–Kier alpha value is -1.85. The molecule has 2 aromatic rings. The van der Waals surface area contributed by atoms with Gasteiger partial charge in [-0.05, 0) is 62.6 Å². The second kappa shape index (κ2) is 7.88. The summed E-state index contributed by atoms with van der Waals surface area (Å²) in [4.78, 5) is 0.284. The zero-order valence-corrected chi connectivity index (χ0v) is 17.9. The van der Waals surface area contributed by atoms with Crippen LogP contribution in [0.15, 0.2) is 57.6 Å². The minimum Gasteiger partial charge on any atom is -0.466 e. The van der Waals surface area contributed by atoms with Crippen LogP contribution in [-0.4, -0.2) is 13.5 Å². The van der Waals surface area contributed by atoms with Gasteiger partial charge in [-0.1, -0.05) is 43.2 Å². The second-order valence-electron chi connectivity index (χ2n) is 8.66. The summed E-state index contributed by atoms with van der Waals surface area (Å²) in [5, 5.41) is 10.9. The molecule has 0 amide bonds. The van der Waals surface area contributed by atoms with Gasteiger partial charge in [0, 0.05) is 5.56 Å². The molecule has 1 heterocycles. The molecule has 0 saturated carbocycles. The fourth-order valence-electron chi connectivity index (χ4n) is 4.23. The molecule has 1 N–H and O–H groups in total. The first-order valence-corrected chi connectivity index (χ1v) is 11.5. The molecule has 0 aliphatic heterocycles. The molecule has 2 unspecified atom stereocenters. The van der Waals surface area contributed by atoms with Crippen LogP contribution in [0.3, 0.4) is 0 Å². The number of hydrogen-bond acceptors (Lipinski definition) is 4. The van der Waals surface area contributed by atoms with Crippen molar-refractivity contribution in [1.82, 2.24) is 0 Å². The second-order valence-corrected chi connectivity index (χ2v) is 10.7. The molecule has 0 bridgehead atoms. The molecular formula is C23H30O4S. The Balaban J connectivity index is 1.80. The molecule has 0 spiro atoms. The number of furan rings is 1. The van der Waals surface area contributed by atoms with Crippen LogP contribution in [0.4, 0.5) is 0 Å². The normalized spacial score (nSPS) is 20.6. The van der Waals surface area contributed by atoms with Gasteiger partial charge in [0.15, 0.2) is 9.84 Å². The third kappa shape index (κ3) is 4.41. The SMILES string of the molecule is CC1=CCCC(C)(C)C1CC(O)c1occc1CS(=O)(=O)c1ccc(C)cc1. The Labute approximate surface area is 168 Å². The quantitative estimate of drug-likeness (QED) is 0.660. The van der Waals surface area contributed by atoms with Crippen LogP contribution >= 0.6 is 0 Å². The summed E-state index contributed by atoms with van der Waals surface area (Å²) < 4.78 is 31.1. The van der Waals surface area contributed by atoms with E-state index in [-0.39, 0.29) is 22.0 Å². The van der Waals surface area contributed by atoms with Crippen LogP contribution < -0.4 is 0 Å². The smallest absolute Gasteiger partial charge is 0.182 e. The number of rotatable bonds is 6. The number of hydrogen-bond donors (Lipinski definition) is 1. The molecule has 4 nitrogen and oxygen atoms in total. The monoisotopic (exact) mass is 402 g/mol. The maximum atomic E-state index is 12.8. The third-order valence-electron chi connectivity index (χ3n) is 6.02. The van der Waals surface area contributed by atoms with E-state index in [4.69, 9.17) is 4.42 Å². The molecule has 0 saturated heterocycles. The lowest BCUT2D eigenvalue weighted by Gasteiger charge is -2.39. The van der Waals surface area contributed by atoms with Crippen molar-refractivity contribution in [2.75, 3.05) is 0 Å². The van der Waals surface area contributed by atoms with Crippen molar-refractivity contribution in [3.8, 4) is 0 Å². The van der Waals surface area contributed by atoms with Gasteiger partial charge in [0.25, 0.3) is 0 Å². The van der Waals surface area contributed by atoms with Crippen molar-refractivity contribution in [1.29, 1.82) is 0 Å². The Bertz CT molecular complexity index is 949. The van der Waals surface area contributed by atoms with E-state index in [9.17, 15) is 13.5 Å². The summed E-state index contributed by atoms with van der Waals surface area (Å²) in [7, 11) is -3.51. The largest absolute Gasteiger partial charge is 0.466 e. The van der Waals surface area contributed by atoms with E-state index in [0.29, 0.717) is 17.7 Å². The van der Waals surface area contributed by atoms with Crippen LogP contribution in [0.5, 0.6) is 0 Å². The van der Waals surface area contributed by atoms with E-state index in [1.165, 1.54) is 11.8 Å². The Morgan fingerprint density at radius 3 is 2.50 bits per heavy atom. The number of aryl methyl sites for hydroxylation is 1. The van der Waals surface area contributed by atoms with Crippen LogP contribution in [0, 0.1) is 18.3 Å². The lowest BCUT2D eigenvalue weighted by atomic mass is 9.66. The standard InChI is InChI=1S/C23H30O4S/c1-16-7-9-19(10-8-16)28(25,26)15-18-11-13-27-22(18)21(24)14-20-17(2)6-5-12-23(20,3)4/h6-11,13,20-21,24H,5,12,14-15H2,1-4H3. The minimum absolute atomic E-state index is 0.0978. The first-order chi connectivity index (χ1) is 13.1. The van der Waals surface area contributed by atoms with Crippen LogP contribution in [-0.2, 0) is 15.6 Å². The van der Waals surface area contributed by atoms with Crippen LogP contribution in [0.1, 0.15) is 63.0 Å². The van der Waals surface area contributed by atoms with E-state index >= 15 is 0 Å². The predicted molar refractivity (Wildman–Crippen MR) is 111 cm³/mol. The molecule has 0 fully saturated rings. The lowest BCUT2D eigenvalue weighted by Crippen LogP contribution is -2.29. The van der Waals surface area contributed by atoms with E-state index in [0.717, 1.165) is 18.4 Å². The first kappa shape index (κ1) is 20.9. The van der Waals surface area contributed by atoms with Crippen molar-refractivity contribution < 1.29 is 17.9 Å². The van der Waals surface area contributed by atoms with Crippen molar-refractivity contribution in [2.24, 2.45) is 11.3 Å². The maximum absolute atomic E-state index is 12.8. The first-order valence-electron chi connectivity index (χ1n) is 9.80. The highest BCUT2D eigenvalue weighted by atomic mass is 32.2. The van der Waals surface area contributed by atoms with E-state index in [1.54, 1.807) is 30.3 Å². The molecule has 0 radical (unpaired) electrons. The summed E-state index contributed by atoms with van der Waals surface area (Å²) in [6, 6.07) is 8.48. The van der Waals surface area contributed by atoms with Gasteiger partial charge < -0.3 is 9.52 Å². The Kier molecular flexibility index (Phi) is 5.87. The number of allylic oxidation sites excluding steroid dienone is 2. The highest BCUT2D eigenvalue weighted by Gasteiger charge is 2.35. The third-order valence-corrected chi connectivity index (χ3v) is 7.70. The number of sulfone groups is 1. The molecule has 1 aliphatic rings. The molecule has 5 heteroatoms. The fourth-order valence-corrected chi connectivity index (χ4v) is 5.60. The van der Waals surface area contributed by atoms with Crippen molar-refractivity contribution in [2.45, 2.75) is 63.7 Å². The molecule has 152 valence electrons. The zero-order valence-electron chi connectivity index (χ0n) is 17.1. The van der Waals surface area contributed by atoms with Gasteiger partial charge in [-0.3, -0.25) is 0 Å². The number of benzene rings is 1. The van der Waals surface area contributed by atoms with Crippen LogP contribution in [0.2, 0.25) is 0 Å². The molecule has 2 atom stereocenters. The average molecular weight is 403 g/mol. The molecule has 1 aliphatic carbocycles. The predicted octanol–water partition coefficient (Wildman–Crippen LogP) is 5.37. The molecular weight excluding hydrogens is 372 g/mol. The van der Waals surface area contributed by atoms with E-state index in [1.807, 2.05) is 6.92 Å². The Morgan fingerprint density at radius 1 is 1.18 bits per heavy atom. The Morgan fingerprint density at radius 2 is 1.86 bits per heavy atom. The molecule has 1 aromatic heterocycles. The van der Waals surface area contributed by atoms with Gasteiger partial charge in [0.1, 0.15) is 11.9 Å². The zero-order chi connectivity index (χ0) is 20.5. The summed E-state index contributed by atoms with van der Waals surface area (Å²) >= 11 is 0. The van der Waals surface area contributed by atoms with E-state index < -0.39 is 15.9 Å². The van der Waals surface area contributed by atoms with Gasteiger partial charge in [-0.25, -0.2) is 8.42 Å². The van der Waals surface area contributed by atoms with Crippen molar-refractivity contribution >= 4 is 9.84 Å². The van der Waals surface area contributed by atoms with Gasteiger partial charge in [-0.15, -0.1) is 0 Å². The van der Waals surface area contributed by atoms with Crippen molar-refractivity contribution in [3.63, 3.8) is 0 Å². The number of aliphatic hydroxyl groups excluding tert-OH is 1. The maximum Gasteiger partial charge on any atom is 0.182 e. The lowest BCUT2D eigenvalue weighted by molar-refractivity contribution is 0.0853. The molecule has 3 rings (SSSR count). The summed E-state index contributed by atoms with van der Waals surface area (Å²) in [6.07, 6.45) is 5.55. The highest BCUT2D eigenvalue weighted by molar-refractivity contribution is 7.90. The van der Waals surface area contributed by atoms with Crippen LogP contribution in [0.25, 0.3) is 0 Å². The van der Waals surface area contributed by atoms with E-state index in [2.05, 4.69) is 26.8 Å². The topological polar surface area (TPSA) is 67.5 Å². The molecule has 28 heavy (non-hydrogen) atoms. The van der Waals surface area contributed by atoms with Gasteiger partial charge in [-0.2, -0.15) is 0 Å².